The average molecular weight is 527 g/mol. The van der Waals surface area contributed by atoms with Crippen molar-refractivity contribution in [3.8, 4) is 11.5 Å². The van der Waals surface area contributed by atoms with Crippen molar-refractivity contribution in [2.24, 2.45) is 0 Å². The molecule has 0 saturated heterocycles. The highest BCUT2D eigenvalue weighted by atomic mass is 16.6. The average Bonchev–Trinajstić information content (AvgIpc) is 2.88. The van der Waals surface area contributed by atoms with Crippen LogP contribution in [0.5, 0.6) is 11.5 Å². The molecule has 1 aromatic carbocycles. The van der Waals surface area contributed by atoms with E-state index in [1.165, 1.54) is 42.5 Å². The molecule has 0 N–H and O–H groups in total. The molecule has 0 radical (unpaired) electrons. The lowest BCUT2D eigenvalue weighted by molar-refractivity contribution is -0.384. The molecule has 7 nitrogen and oxygen atoms in total. The molecule has 1 heterocycles. The summed E-state index contributed by atoms with van der Waals surface area (Å²) in [6.45, 7) is 11.7. The molecule has 0 unspecified atom stereocenters. The van der Waals surface area contributed by atoms with Crippen LogP contribution in [0.4, 0.5) is 5.69 Å². The van der Waals surface area contributed by atoms with Gasteiger partial charge in [-0.1, -0.05) is 69.6 Å². The Labute approximate surface area is 227 Å². The maximum Gasteiger partial charge on any atom is 0.297 e. The van der Waals surface area contributed by atoms with Gasteiger partial charge in [-0.05, 0) is 58.6 Å². The summed E-state index contributed by atoms with van der Waals surface area (Å²) in [4.78, 5) is 24.7. The fourth-order valence-corrected chi connectivity index (χ4v) is 4.32. The summed E-state index contributed by atoms with van der Waals surface area (Å²) in [6, 6.07) is 4.60. The molecule has 0 fully saturated rings. The summed E-state index contributed by atoms with van der Waals surface area (Å²) in [5.74, 6) is 0.568. The highest BCUT2D eigenvalue weighted by Gasteiger charge is 2.21. The maximum atomic E-state index is 13.7. The van der Waals surface area contributed by atoms with Crippen LogP contribution in [-0.4, -0.2) is 22.7 Å². The second-order valence-electron chi connectivity index (χ2n) is 10.2. The van der Waals surface area contributed by atoms with Gasteiger partial charge in [0.2, 0.25) is 5.75 Å². The van der Waals surface area contributed by atoms with Crippen molar-refractivity contribution >= 4 is 16.6 Å². The number of fused-ring (bicyclic) bond motifs is 1. The SMILES string of the molecule is CCCCCCCCOc1c(OCC=C(C)CCC=C(C)C)c2ccc([N+](=O)[O-])cc2n(CCCC)c1=O. The van der Waals surface area contributed by atoms with Crippen LogP contribution < -0.4 is 15.0 Å². The van der Waals surface area contributed by atoms with Crippen molar-refractivity contribution < 1.29 is 14.4 Å². The summed E-state index contributed by atoms with van der Waals surface area (Å²) in [5, 5.41) is 12.2. The van der Waals surface area contributed by atoms with Crippen LogP contribution in [0.25, 0.3) is 10.9 Å². The van der Waals surface area contributed by atoms with Gasteiger partial charge in [-0.2, -0.15) is 0 Å². The van der Waals surface area contributed by atoms with E-state index in [4.69, 9.17) is 9.47 Å². The number of aryl methyl sites for hydroxylation is 1. The van der Waals surface area contributed by atoms with E-state index in [-0.39, 0.29) is 17.0 Å². The van der Waals surface area contributed by atoms with Crippen molar-refractivity contribution in [3.05, 3.63) is 62.0 Å². The highest BCUT2D eigenvalue weighted by molar-refractivity contribution is 5.89. The Balaban J connectivity index is 2.41. The second kappa shape index (κ2) is 16.7. The standard InChI is InChI=1S/C31H46N2O5/c1-6-8-10-11-12-13-21-37-30-29(38-22-19-25(5)16-14-15-24(3)4)27-18-17-26(33(35)36)23-28(27)32(31(30)34)20-9-7-2/h15,17-19,23H,6-14,16,20-22H2,1-5H3. The molecule has 7 heteroatoms. The van der Waals surface area contributed by atoms with E-state index in [2.05, 4.69) is 40.7 Å². The Morgan fingerprint density at radius 3 is 2.34 bits per heavy atom. The van der Waals surface area contributed by atoms with Gasteiger partial charge in [-0.25, -0.2) is 0 Å². The minimum atomic E-state index is -0.434. The lowest BCUT2D eigenvalue weighted by Crippen LogP contribution is -2.24. The molecule has 0 amide bonds. The minimum Gasteiger partial charge on any atom is -0.485 e. The van der Waals surface area contributed by atoms with Gasteiger partial charge in [-0.3, -0.25) is 14.9 Å². The number of allylic oxidation sites excluding steroid dienone is 3. The zero-order valence-electron chi connectivity index (χ0n) is 24.0. The van der Waals surface area contributed by atoms with Gasteiger partial charge >= 0.3 is 0 Å². The Morgan fingerprint density at radius 1 is 0.947 bits per heavy atom. The van der Waals surface area contributed by atoms with Gasteiger partial charge in [0.1, 0.15) is 6.61 Å². The van der Waals surface area contributed by atoms with Gasteiger partial charge in [0.05, 0.1) is 17.0 Å². The first kappa shape index (κ1) is 31.1. The first-order chi connectivity index (χ1) is 18.3. The molecule has 0 bridgehead atoms. The van der Waals surface area contributed by atoms with Crippen molar-refractivity contribution in [2.75, 3.05) is 13.2 Å². The fraction of sp³-hybridized carbons (Fsp3) is 0.581. The van der Waals surface area contributed by atoms with E-state index in [1.54, 1.807) is 10.6 Å². The first-order valence-electron chi connectivity index (χ1n) is 14.2. The highest BCUT2D eigenvalue weighted by Crippen LogP contribution is 2.35. The van der Waals surface area contributed by atoms with Crippen molar-refractivity contribution in [1.82, 2.24) is 4.57 Å². The Hall–Kier alpha value is -3.09. The fourth-order valence-electron chi connectivity index (χ4n) is 4.32. The van der Waals surface area contributed by atoms with Gasteiger partial charge < -0.3 is 14.0 Å². The topological polar surface area (TPSA) is 83.6 Å². The molecular formula is C31H46N2O5. The van der Waals surface area contributed by atoms with Gasteiger partial charge in [-0.15, -0.1) is 0 Å². The van der Waals surface area contributed by atoms with Crippen LogP contribution in [0, 0.1) is 10.1 Å². The molecule has 0 aliphatic carbocycles. The molecule has 0 aliphatic heterocycles. The van der Waals surface area contributed by atoms with Gasteiger partial charge in [0, 0.05) is 24.1 Å². The summed E-state index contributed by atoms with van der Waals surface area (Å²) >= 11 is 0. The van der Waals surface area contributed by atoms with Crippen LogP contribution in [0.1, 0.15) is 98.8 Å². The summed E-state index contributed by atoms with van der Waals surface area (Å²) in [6.07, 6.45) is 14.5. The lowest BCUT2D eigenvalue weighted by atomic mass is 10.1. The van der Waals surface area contributed by atoms with Crippen LogP contribution in [0.2, 0.25) is 0 Å². The number of rotatable bonds is 18. The molecular weight excluding hydrogens is 480 g/mol. The number of nitro groups is 1. The van der Waals surface area contributed by atoms with E-state index >= 15 is 0 Å². The molecule has 0 atom stereocenters. The van der Waals surface area contributed by atoms with Gasteiger partial charge in [0.25, 0.3) is 11.2 Å². The number of pyridine rings is 1. The van der Waals surface area contributed by atoms with Crippen molar-refractivity contribution in [2.45, 2.75) is 105 Å². The monoisotopic (exact) mass is 526 g/mol. The molecule has 38 heavy (non-hydrogen) atoms. The molecule has 0 saturated carbocycles. The predicted octanol–water partition coefficient (Wildman–Crippen LogP) is 8.52. The maximum absolute atomic E-state index is 13.7. The molecule has 2 rings (SSSR count). The quantitative estimate of drug-likeness (QED) is 0.0841. The Bertz CT molecular complexity index is 1160. The van der Waals surface area contributed by atoms with Crippen LogP contribution >= 0.6 is 0 Å². The molecule has 210 valence electrons. The third-order valence-corrected chi connectivity index (χ3v) is 6.60. The van der Waals surface area contributed by atoms with Crippen molar-refractivity contribution in [3.63, 3.8) is 0 Å². The second-order valence-corrected chi connectivity index (χ2v) is 10.2. The molecule has 0 aliphatic rings. The summed E-state index contributed by atoms with van der Waals surface area (Å²) in [5.41, 5.74) is 2.66. The number of unbranched alkanes of at least 4 members (excludes halogenated alkanes) is 6. The van der Waals surface area contributed by atoms with E-state index in [1.807, 2.05) is 6.08 Å². The predicted molar refractivity (Wildman–Crippen MR) is 157 cm³/mol. The number of nitro benzene ring substituents is 1. The number of hydrogen-bond acceptors (Lipinski definition) is 5. The van der Waals surface area contributed by atoms with E-state index in [9.17, 15) is 14.9 Å². The number of nitrogens with zero attached hydrogens (tertiary/aromatic N) is 2. The largest absolute Gasteiger partial charge is 0.485 e. The van der Waals surface area contributed by atoms with E-state index in [0.717, 1.165) is 44.9 Å². The zero-order valence-corrected chi connectivity index (χ0v) is 24.0. The number of non-ortho nitro benzene ring substituents is 1. The third-order valence-electron chi connectivity index (χ3n) is 6.60. The van der Waals surface area contributed by atoms with Gasteiger partial charge in [0.15, 0.2) is 5.75 Å². The molecule has 1 aromatic heterocycles. The summed E-state index contributed by atoms with van der Waals surface area (Å²) < 4.78 is 13.9. The normalized spacial score (nSPS) is 11.6. The Morgan fingerprint density at radius 2 is 1.66 bits per heavy atom. The number of hydrogen-bond donors (Lipinski definition) is 0. The minimum absolute atomic E-state index is 0.0520. The van der Waals surface area contributed by atoms with Crippen LogP contribution in [0.3, 0.4) is 0 Å². The first-order valence-corrected chi connectivity index (χ1v) is 14.2. The Kier molecular flexibility index (Phi) is 13.7. The molecule has 0 spiro atoms. The van der Waals surface area contributed by atoms with Crippen LogP contribution in [0.15, 0.2) is 46.3 Å². The van der Waals surface area contributed by atoms with Crippen molar-refractivity contribution in [1.29, 1.82) is 0 Å². The smallest absolute Gasteiger partial charge is 0.297 e. The lowest BCUT2D eigenvalue weighted by Gasteiger charge is -2.18. The van der Waals surface area contributed by atoms with Crippen LogP contribution in [-0.2, 0) is 6.54 Å². The number of aromatic nitrogens is 1. The number of benzene rings is 1. The summed E-state index contributed by atoms with van der Waals surface area (Å²) in [7, 11) is 0. The third kappa shape index (κ3) is 9.66. The van der Waals surface area contributed by atoms with E-state index < -0.39 is 4.92 Å². The van der Waals surface area contributed by atoms with E-state index in [0.29, 0.717) is 36.4 Å². The number of ether oxygens (including phenoxy) is 2. The zero-order chi connectivity index (χ0) is 27.9. The molecule has 2 aromatic rings.